The maximum Gasteiger partial charge on any atom is 0.262 e. The molecule has 8 nitrogen and oxygen atoms in total. The molecule has 0 saturated carbocycles. The van der Waals surface area contributed by atoms with E-state index in [1.807, 2.05) is 24.3 Å². The lowest BCUT2D eigenvalue weighted by Crippen LogP contribution is -2.46. The Hall–Kier alpha value is -3.46. The number of nitrogens with zero attached hydrogens (tertiary/aromatic N) is 3. The van der Waals surface area contributed by atoms with Gasteiger partial charge in [-0.25, -0.2) is 13.4 Å². The van der Waals surface area contributed by atoms with Gasteiger partial charge in [0.1, 0.15) is 5.82 Å². The van der Waals surface area contributed by atoms with Crippen LogP contribution >= 0.6 is 0 Å². The summed E-state index contributed by atoms with van der Waals surface area (Å²) >= 11 is 0. The van der Waals surface area contributed by atoms with Crippen molar-refractivity contribution in [1.29, 1.82) is 0 Å². The normalized spacial score (nSPS) is 15.7. The molecule has 1 saturated heterocycles. The van der Waals surface area contributed by atoms with Gasteiger partial charge in [0, 0.05) is 37.9 Å². The first-order chi connectivity index (χ1) is 15.1. The van der Waals surface area contributed by atoms with Crippen LogP contribution in [0, 0.1) is 0 Å². The number of fused-ring (bicyclic) bond motifs is 1. The zero-order valence-electron chi connectivity index (χ0n) is 16.8. The van der Waals surface area contributed by atoms with Crippen LogP contribution in [0.25, 0.3) is 0 Å². The maximum atomic E-state index is 12.7. The molecule has 3 aromatic rings. The van der Waals surface area contributed by atoms with Crippen LogP contribution < -0.4 is 24.0 Å². The fraction of sp³-hybridized carbons (Fsp3) is 0.227. The zero-order chi connectivity index (χ0) is 21.3. The Bertz CT molecular complexity index is 1160. The molecule has 160 valence electrons. The lowest BCUT2D eigenvalue weighted by atomic mass is 10.2. The lowest BCUT2D eigenvalue weighted by Gasteiger charge is -2.36. The summed E-state index contributed by atoms with van der Waals surface area (Å²) in [5.74, 6) is 1.79. The van der Waals surface area contributed by atoms with Crippen LogP contribution in [0.4, 0.5) is 17.2 Å². The van der Waals surface area contributed by atoms with E-state index < -0.39 is 10.0 Å². The number of anilines is 3. The summed E-state index contributed by atoms with van der Waals surface area (Å²) < 4.78 is 38.5. The molecule has 2 aliphatic heterocycles. The number of pyridine rings is 1. The number of sulfonamides is 1. The van der Waals surface area contributed by atoms with Crippen molar-refractivity contribution in [2.45, 2.75) is 4.90 Å². The van der Waals surface area contributed by atoms with Crippen molar-refractivity contribution in [1.82, 2.24) is 4.98 Å². The number of benzene rings is 2. The van der Waals surface area contributed by atoms with Gasteiger partial charge in [-0.05, 0) is 36.4 Å². The standard InChI is InChI=1S/C22H22N4O4S/c27-31(28,19-7-8-20-21(14-19)30-16-29-20)24-17-6-9-22(23-15-17)26-12-10-25(11-13-26)18-4-2-1-3-5-18/h1-9,14-15,24H,10-13,16H2. The summed E-state index contributed by atoms with van der Waals surface area (Å²) in [6, 6.07) is 18.5. The summed E-state index contributed by atoms with van der Waals surface area (Å²) in [4.78, 5) is 9.14. The van der Waals surface area contributed by atoms with Gasteiger partial charge in [0.05, 0.1) is 16.8 Å². The van der Waals surface area contributed by atoms with Gasteiger partial charge in [-0.3, -0.25) is 4.72 Å². The van der Waals surface area contributed by atoms with E-state index in [9.17, 15) is 8.42 Å². The summed E-state index contributed by atoms with van der Waals surface area (Å²) in [5.41, 5.74) is 1.63. The molecule has 0 amide bonds. The smallest absolute Gasteiger partial charge is 0.262 e. The minimum atomic E-state index is -3.76. The van der Waals surface area contributed by atoms with Gasteiger partial charge < -0.3 is 19.3 Å². The minimum absolute atomic E-state index is 0.0945. The van der Waals surface area contributed by atoms with Crippen LogP contribution in [0.3, 0.4) is 0 Å². The predicted molar refractivity (Wildman–Crippen MR) is 118 cm³/mol. The van der Waals surface area contributed by atoms with E-state index in [1.54, 1.807) is 18.3 Å². The van der Waals surface area contributed by atoms with Gasteiger partial charge in [-0.1, -0.05) is 18.2 Å². The molecule has 1 aromatic heterocycles. The van der Waals surface area contributed by atoms with Gasteiger partial charge in [-0.2, -0.15) is 0 Å². The largest absolute Gasteiger partial charge is 0.454 e. The average Bonchev–Trinajstić information content (AvgIpc) is 3.28. The fourth-order valence-electron chi connectivity index (χ4n) is 3.72. The Morgan fingerprint density at radius 3 is 2.32 bits per heavy atom. The van der Waals surface area contributed by atoms with Crippen molar-refractivity contribution in [3.8, 4) is 11.5 Å². The molecule has 31 heavy (non-hydrogen) atoms. The summed E-state index contributed by atoms with van der Waals surface area (Å²) in [7, 11) is -3.76. The summed E-state index contributed by atoms with van der Waals surface area (Å²) in [6.45, 7) is 3.61. The number of hydrogen-bond acceptors (Lipinski definition) is 7. The highest BCUT2D eigenvalue weighted by Crippen LogP contribution is 2.34. The Balaban J connectivity index is 1.23. The van der Waals surface area contributed by atoms with E-state index in [0.29, 0.717) is 17.2 Å². The maximum absolute atomic E-state index is 12.7. The lowest BCUT2D eigenvalue weighted by molar-refractivity contribution is 0.174. The molecule has 5 rings (SSSR count). The number of hydrogen-bond donors (Lipinski definition) is 1. The number of para-hydroxylation sites is 1. The molecular formula is C22H22N4O4S. The van der Waals surface area contributed by atoms with Crippen molar-refractivity contribution >= 4 is 27.2 Å². The third-order valence-corrected chi connectivity index (χ3v) is 6.76. The monoisotopic (exact) mass is 438 g/mol. The second-order valence-electron chi connectivity index (χ2n) is 7.34. The molecule has 9 heteroatoms. The van der Waals surface area contributed by atoms with Crippen LogP contribution in [-0.2, 0) is 10.0 Å². The van der Waals surface area contributed by atoms with Crippen LogP contribution in [0.5, 0.6) is 11.5 Å². The van der Waals surface area contributed by atoms with E-state index >= 15 is 0 Å². The third-order valence-electron chi connectivity index (χ3n) is 5.38. The predicted octanol–water partition coefficient (Wildman–Crippen LogP) is 2.94. The van der Waals surface area contributed by atoms with Crippen LogP contribution in [0.15, 0.2) is 71.8 Å². The van der Waals surface area contributed by atoms with E-state index in [1.165, 1.54) is 17.8 Å². The number of nitrogens with one attached hydrogen (secondary N) is 1. The number of rotatable bonds is 5. The van der Waals surface area contributed by atoms with E-state index in [-0.39, 0.29) is 11.7 Å². The van der Waals surface area contributed by atoms with Crippen LogP contribution in [-0.4, -0.2) is 46.4 Å². The second-order valence-corrected chi connectivity index (χ2v) is 9.02. The summed E-state index contributed by atoms with van der Waals surface area (Å²) in [5, 5.41) is 0. The highest BCUT2D eigenvalue weighted by atomic mass is 32.2. The van der Waals surface area contributed by atoms with E-state index in [4.69, 9.17) is 9.47 Å². The first kappa shape index (κ1) is 19.5. The topological polar surface area (TPSA) is 84.0 Å². The van der Waals surface area contributed by atoms with Crippen LogP contribution in [0.1, 0.15) is 0 Å². The molecule has 0 unspecified atom stereocenters. The Morgan fingerprint density at radius 1 is 0.839 bits per heavy atom. The molecule has 0 bridgehead atoms. The first-order valence-electron chi connectivity index (χ1n) is 10.0. The molecule has 2 aliphatic rings. The Labute approximate surface area is 181 Å². The van der Waals surface area contributed by atoms with Crippen molar-refractivity contribution < 1.29 is 17.9 Å². The van der Waals surface area contributed by atoms with Crippen molar-refractivity contribution in [3.05, 3.63) is 66.9 Å². The van der Waals surface area contributed by atoms with E-state index in [0.717, 1.165) is 32.0 Å². The number of aromatic nitrogens is 1. The molecule has 1 fully saturated rings. The molecule has 1 N–H and O–H groups in total. The molecular weight excluding hydrogens is 416 g/mol. The van der Waals surface area contributed by atoms with Crippen LogP contribution in [0.2, 0.25) is 0 Å². The van der Waals surface area contributed by atoms with Crippen molar-refractivity contribution in [3.63, 3.8) is 0 Å². The number of piperazine rings is 1. The molecule has 2 aromatic carbocycles. The number of ether oxygens (including phenoxy) is 2. The van der Waals surface area contributed by atoms with Crippen molar-refractivity contribution in [2.24, 2.45) is 0 Å². The van der Waals surface area contributed by atoms with E-state index in [2.05, 4.69) is 31.6 Å². The zero-order valence-corrected chi connectivity index (χ0v) is 17.6. The molecule has 0 spiro atoms. The first-order valence-corrected chi connectivity index (χ1v) is 11.5. The minimum Gasteiger partial charge on any atom is -0.454 e. The highest BCUT2D eigenvalue weighted by molar-refractivity contribution is 7.92. The van der Waals surface area contributed by atoms with Gasteiger partial charge in [-0.15, -0.1) is 0 Å². The Morgan fingerprint density at radius 2 is 1.58 bits per heavy atom. The van der Waals surface area contributed by atoms with Gasteiger partial charge in [0.25, 0.3) is 10.0 Å². The van der Waals surface area contributed by atoms with Gasteiger partial charge >= 0.3 is 0 Å². The Kier molecular flexibility index (Phi) is 5.03. The highest BCUT2D eigenvalue weighted by Gasteiger charge is 2.21. The van der Waals surface area contributed by atoms with Crippen molar-refractivity contribution in [2.75, 3.05) is 47.5 Å². The molecule has 0 aliphatic carbocycles. The van der Waals surface area contributed by atoms with Gasteiger partial charge in [0.2, 0.25) is 6.79 Å². The van der Waals surface area contributed by atoms with Gasteiger partial charge in [0.15, 0.2) is 11.5 Å². The molecule has 0 radical (unpaired) electrons. The average molecular weight is 439 g/mol. The molecule has 3 heterocycles. The quantitative estimate of drug-likeness (QED) is 0.656. The molecule has 0 atom stereocenters. The SMILES string of the molecule is O=S(=O)(Nc1ccc(N2CCN(c3ccccc3)CC2)nc1)c1ccc2c(c1)OCO2. The third kappa shape index (κ3) is 4.09. The second kappa shape index (κ2) is 7.99. The summed E-state index contributed by atoms with van der Waals surface area (Å²) in [6.07, 6.45) is 1.55. The fourth-order valence-corrected chi connectivity index (χ4v) is 4.78.